The lowest BCUT2D eigenvalue weighted by atomic mass is 10.0. The minimum Gasteiger partial charge on any atom is -0.497 e. The van der Waals surface area contributed by atoms with Gasteiger partial charge in [-0.1, -0.05) is 33.1 Å². The molecule has 0 aliphatic carbocycles. The van der Waals surface area contributed by atoms with E-state index in [0.717, 1.165) is 13.2 Å². The molecule has 0 aromatic rings. The van der Waals surface area contributed by atoms with Crippen molar-refractivity contribution in [2.45, 2.75) is 64.8 Å². The quantitative estimate of drug-likeness (QED) is 0.637. The molecule has 2 heteroatoms. The van der Waals surface area contributed by atoms with Gasteiger partial charge in [-0.3, -0.25) is 0 Å². The van der Waals surface area contributed by atoms with Gasteiger partial charge in [0.05, 0.1) is 12.6 Å². The van der Waals surface area contributed by atoms with E-state index >= 15 is 0 Å². The largest absolute Gasteiger partial charge is 0.497 e. The summed E-state index contributed by atoms with van der Waals surface area (Å²) in [4.78, 5) is 0. The molecule has 94 valence electrons. The van der Waals surface area contributed by atoms with Gasteiger partial charge in [-0.15, -0.1) is 0 Å². The first-order valence-corrected chi connectivity index (χ1v) is 6.94. The summed E-state index contributed by atoms with van der Waals surface area (Å²) in [5, 5.41) is 3.60. The average Bonchev–Trinajstić information content (AvgIpc) is 2.35. The van der Waals surface area contributed by atoms with Gasteiger partial charge in [0, 0.05) is 0 Å². The molecule has 1 heterocycles. The van der Waals surface area contributed by atoms with Crippen molar-refractivity contribution in [3.8, 4) is 0 Å². The Kier molecular flexibility index (Phi) is 7.32. The summed E-state index contributed by atoms with van der Waals surface area (Å²) in [7, 11) is 0. The Morgan fingerprint density at radius 3 is 2.81 bits per heavy atom. The third-order valence-corrected chi connectivity index (χ3v) is 3.04. The third-order valence-electron chi connectivity index (χ3n) is 3.04. The second-order valence-electron chi connectivity index (χ2n) is 4.60. The van der Waals surface area contributed by atoms with Crippen LogP contribution < -0.4 is 5.32 Å². The molecule has 0 saturated heterocycles. The molecule has 2 nitrogen and oxygen atoms in total. The Labute approximate surface area is 100 Å². The standard InChI is InChI=1S/C14H27NO/c1-3-5-6-9-13(15-11-4-2)14-10-7-8-12-16-14/h10,13,15H,3-9,11-12H2,1-2H3. The third kappa shape index (κ3) is 5.02. The zero-order valence-electron chi connectivity index (χ0n) is 10.9. The van der Waals surface area contributed by atoms with Gasteiger partial charge in [0.15, 0.2) is 0 Å². The van der Waals surface area contributed by atoms with Gasteiger partial charge >= 0.3 is 0 Å². The molecule has 0 saturated carbocycles. The summed E-state index contributed by atoms with van der Waals surface area (Å²) in [5.74, 6) is 1.20. The molecule has 1 N–H and O–H groups in total. The Morgan fingerprint density at radius 2 is 2.19 bits per heavy atom. The number of hydrogen-bond donors (Lipinski definition) is 1. The number of rotatable bonds is 8. The van der Waals surface area contributed by atoms with Crippen molar-refractivity contribution >= 4 is 0 Å². The maximum absolute atomic E-state index is 5.77. The summed E-state index contributed by atoms with van der Waals surface area (Å²) >= 11 is 0. The highest BCUT2D eigenvalue weighted by molar-refractivity contribution is 5.05. The maximum Gasteiger partial charge on any atom is 0.109 e. The van der Waals surface area contributed by atoms with Gasteiger partial charge in [0.2, 0.25) is 0 Å². The lowest BCUT2D eigenvalue weighted by Crippen LogP contribution is -2.33. The monoisotopic (exact) mass is 225 g/mol. The average molecular weight is 225 g/mol. The summed E-state index contributed by atoms with van der Waals surface area (Å²) in [5.41, 5.74) is 0. The molecule has 1 unspecified atom stereocenters. The highest BCUT2D eigenvalue weighted by Crippen LogP contribution is 2.18. The molecular weight excluding hydrogens is 198 g/mol. The van der Waals surface area contributed by atoms with Gasteiger partial charge < -0.3 is 10.1 Å². The van der Waals surface area contributed by atoms with Crippen LogP contribution in [0.5, 0.6) is 0 Å². The summed E-state index contributed by atoms with van der Waals surface area (Å²) in [6.45, 7) is 6.47. The molecule has 1 rings (SSSR count). The molecule has 0 bridgehead atoms. The summed E-state index contributed by atoms with van der Waals surface area (Å²) in [6, 6.07) is 0.465. The molecule has 16 heavy (non-hydrogen) atoms. The molecule has 1 aliphatic heterocycles. The molecule has 0 amide bonds. The molecule has 1 aliphatic rings. The van der Waals surface area contributed by atoms with Gasteiger partial charge in [-0.05, 0) is 38.3 Å². The minimum absolute atomic E-state index is 0.465. The minimum atomic E-state index is 0.465. The molecule has 0 aromatic carbocycles. The Hall–Kier alpha value is -0.500. The smallest absolute Gasteiger partial charge is 0.109 e. The van der Waals surface area contributed by atoms with Crippen LogP contribution in [0.2, 0.25) is 0 Å². The second-order valence-corrected chi connectivity index (χ2v) is 4.60. The van der Waals surface area contributed by atoms with E-state index in [2.05, 4.69) is 25.2 Å². The van der Waals surface area contributed by atoms with Crippen molar-refractivity contribution in [3.05, 3.63) is 11.8 Å². The van der Waals surface area contributed by atoms with Crippen LogP contribution in [0.25, 0.3) is 0 Å². The van der Waals surface area contributed by atoms with E-state index in [1.807, 2.05) is 0 Å². The lowest BCUT2D eigenvalue weighted by Gasteiger charge is -2.24. The van der Waals surface area contributed by atoms with Crippen LogP contribution in [0.1, 0.15) is 58.8 Å². The van der Waals surface area contributed by atoms with E-state index in [4.69, 9.17) is 4.74 Å². The predicted molar refractivity (Wildman–Crippen MR) is 69.5 cm³/mol. The fourth-order valence-electron chi connectivity index (χ4n) is 2.08. The zero-order valence-corrected chi connectivity index (χ0v) is 10.9. The number of allylic oxidation sites excluding steroid dienone is 1. The molecule has 1 atom stereocenters. The van der Waals surface area contributed by atoms with E-state index in [1.165, 1.54) is 50.7 Å². The summed E-state index contributed by atoms with van der Waals surface area (Å²) in [6.07, 6.45) is 11.0. The number of unbranched alkanes of at least 4 members (excludes halogenated alkanes) is 2. The lowest BCUT2D eigenvalue weighted by molar-refractivity contribution is 0.164. The van der Waals surface area contributed by atoms with Gasteiger partial charge in [-0.2, -0.15) is 0 Å². The Morgan fingerprint density at radius 1 is 1.31 bits per heavy atom. The van der Waals surface area contributed by atoms with E-state index in [0.29, 0.717) is 6.04 Å². The van der Waals surface area contributed by atoms with Crippen LogP contribution >= 0.6 is 0 Å². The van der Waals surface area contributed by atoms with Gasteiger partial charge in [-0.25, -0.2) is 0 Å². The normalized spacial score (nSPS) is 17.8. The fourth-order valence-corrected chi connectivity index (χ4v) is 2.08. The molecular formula is C14H27NO. The number of ether oxygens (including phenoxy) is 1. The predicted octanol–water partition coefficient (Wildman–Crippen LogP) is 3.63. The van der Waals surface area contributed by atoms with Crippen molar-refractivity contribution in [2.24, 2.45) is 0 Å². The fraction of sp³-hybridized carbons (Fsp3) is 0.857. The molecule has 0 spiro atoms. The van der Waals surface area contributed by atoms with E-state index in [1.54, 1.807) is 0 Å². The second kappa shape index (κ2) is 8.63. The van der Waals surface area contributed by atoms with Crippen LogP contribution in [0.4, 0.5) is 0 Å². The highest BCUT2D eigenvalue weighted by atomic mass is 16.5. The van der Waals surface area contributed by atoms with Crippen LogP contribution in [-0.2, 0) is 4.74 Å². The van der Waals surface area contributed by atoms with E-state index < -0.39 is 0 Å². The van der Waals surface area contributed by atoms with Crippen molar-refractivity contribution in [1.29, 1.82) is 0 Å². The van der Waals surface area contributed by atoms with Gasteiger partial charge in [0.25, 0.3) is 0 Å². The topological polar surface area (TPSA) is 21.3 Å². The van der Waals surface area contributed by atoms with Crippen molar-refractivity contribution in [2.75, 3.05) is 13.2 Å². The zero-order chi connectivity index (χ0) is 11.6. The van der Waals surface area contributed by atoms with Crippen molar-refractivity contribution in [3.63, 3.8) is 0 Å². The van der Waals surface area contributed by atoms with Crippen LogP contribution in [0, 0.1) is 0 Å². The first kappa shape index (κ1) is 13.6. The van der Waals surface area contributed by atoms with Crippen molar-refractivity contribution < 1.29 is 4.74 Å². The first-order valence-electron chi connectivity index (χ1n) is 6.94. The molecule has 0 aromatic heterocycles. The van der Waals surface area contributed by atoms with E-state index in [9.17, 15) is 0 Å². The van der Waals surface area contributed by atoms with Gasteiger partial charge in [0.1, 0.15) is 5.76 Å². The first-order chi connectivity index (χ1) is 7.88. The highest BCUT2D eigenvalue weighted by Gasteiger charge is 2.16. The van der Waals surface area contributed by atoms with Crippen LogP contribution in [0.3, 0.4) is 0 Å². The summed E-state index contributed by atoms with van der Waals surface area (Å²) < 4.78 is 5.77. The van der Waals surface area contributed by atoms with Crippen molar-refractivity contribution in [1.82, 2.24) is 5.32 Å². The van der Waals surface area contributed by atoms with Crippen LogP contribution in [-0.4, -0.2) is 19.2 Å². The molecule has 0 fully saturated rings. The number of hydrogen-bond acceptors (Lipinski definition) is 2. The maximum atomic E-state index is 5.77. The molecule has 0 radical (unpaired) electrons. The van der Waals surface area contributed by atoms with E-state index in [-0.39, 0.29) is 0 Å². The van der Waals surface area contributed by atoms with Crippen LogP contribution in [0.15, 0.2) is 11.8 Å². The SMILES string of the molecule is CCCCCC(NCCC)C1=CCCCO1. The Balaban J connectivity index is 2.38. The number of nitrogens with one attached hydrogen (secondary N) is 1. The Bertz CT molecular complexity index is 201.